The molecule has 0 amide bonds. The maximum Gasteiger partial charge on any atom is 0.318 e. The highest BCUT2D eigenvalue weighted by molar-refractivity contribution is 6.33. The molecule has 3 N–H and O–H groups in total. The van der Waals surface area contributed by atoms with Crippen LogP contribution in [0.2, 0.25) is 5.02 Å². The van der Waals surface area contributed by atoms with Gasteiger partial charge in [0.2, 0.25) is 5.88 Å². The van der Waals surface area contributed by atoms with Gasteiger partial charge in [0.1, 0.15) is 40.7 Å². The van der Waals surface area contributed by atoms with Gasteiger partial charge in [0.25, 0.3) is 5.92 Å². The predicted octanol–water partition coefficient (Wildman–Crippen LogP) is 6.28. The molecule has 48 heavy (non-hydrogen) atoms. The number of likely N-dealkylation sites (tertiary alicyclic amines) is 1. The Morgan fingerprint density at radius 1 is 1.17 bits per heavy atom. The maximum absolute atomic E-state index is 16.8. The predicted molar refractivity (Wildman–Crippen MR) is 173 cm³/mol. The summed E-state index contributed by atoms with van der Waals surface area (Å²) in [5, 5.41) is 7.28. The van der Waals surface area contributed by atoms with E-state index in [1.54, 1.807) is 11.8 Å². The number of nitrogens with one attached hydrogen (secondary N) is 1. The number of fused-ring (bicyclic) bond motifs is 1. The maximum atomic E-state index is 16.8. The van der Waals surface area contributed by atoms with Crippen LogP contribution in [0.25, 0.3) is 33.1 Å². The van der Waals surface area contributed by atoms with Crippen molar-refractivity contribution in [1.82, 2.24) is 35.0 Å². The van der Waals surface area contributed by atoms with Crippen molar-refractivity contribution in [2.45, 2.75) is 50.6 Å². The summed E-state index contributed by atoms with van der Waals surface area (Å²) in [6, 6.07) is 1.55. The van der Waals surface area contributed by atoms with Crippen molar-refractivity contribution in [2.24, 2.45) is 0 Å². The summed E-state index contributed by atoms with van der Waals surface area (Å²) in [6.07, 6.45) is 3.39. The average molecular weight is 686 g/mol. The first kappa shape index (κ1) is 32.1. The highest BCUT2D eigenvalue weighted by Crippen LogP contribution is 2.60. The van der Waals surface area contributed by atoms with Crippen LogP contribution in [0.3, 0.4) is 0 Å². The van der Waals surface area contributed by atoms with Crippen LogP contribution in [-0.2, 0) is 0 Å². The topological polar surface area (TPSA) is 131 Å². The quantitative estimate of drug-likeness (QED) is 0.204. The molecular formula is C32H32ClF4N9O2. The van der Waals surface area contributed by atoms with Crippen LogP contribution in [0.15, 0.2) is 24.5 Å². The van der Waals surface area contributed by atoms with Crippen LogP contribution >= 0.6 is 11.6 Å². The van der Waals surface area contributed by atoms with Crippen molar-refractivity contribution in [2.75, 3.05) is 44.5 Å². The first-order valence-corrected chi connectivity index (χ1v) is 15.8. The highest BCUT2D eigenvalue weighted by atomic mass is 35.5. The van der Waals surface area contributed by atoms with E-state index in [0.29, 0.717) is 16.5 Å². The molecule has 0 spiro atoms. The number of methoxy groups -OCH3 is 1. The van der Waals surface area contributed by atoms with Crippen LogP contribution in [0.1, 0.15) is 49.8 Å². The van der Waals surface area contributed by atoms with Gasteiger partial charge in [-0.3, -0.25) is 5.10 Å². The number of pyridine rings is 2. The average Bonchev–Trinajstić information content (AvgIpc) is 3.46. The zero-order valence-corrected chi connectivity index (χ0v) is 27.2. The fraction of sp³-hybridized carbons (Fsp3) is 0.406. The molecule has 0 bridgehead atoms. The van der Waals surface area contributed by atoms with Crippen LogP contribution in [0.4, 0.5) is 29.2 Å². The minimum atomic E-state index is -3.01. The van der Waals surface area contributed by atoms with E-state index in [2.05, 4.69) is 42.1 Å². The molecule has 2 aliphatic heterocycles. The molecule has 6 heterocycles. The Balaban J connectivity index is 0.000000669. The normalized spacial score (nSPS) is 20.4. The summed E-state index contributed by atoms with van der Waals surface area (Å²) in [7, 11) is 3.47. The van der Waals surface area contributed by atoms with Gasteiger partial charge in [0.05, 0.1) is 43.0 Å². The molecule has 8 rings (SSSR count). The standard InChI is InChI=1S/C28H23ClF4N8O2.C4H9N/c1-10-9-43-26-20-23(38-27(42-3)39-25(20)41(10)11(2)13-4-12(30)7-35-24(13)34)21(31)22(37-26)18-14-8-36-40-17(14)5-16(29)19(18)15-6-28(15,32)33;1-5-3-2-4-5/h4-5,7-8,10-11,15H,6,9H2,1-3H3,(H2,34,35)(H,36,40);2-4H2,1H3/t10-,11?,15?;/m0./s1. The van der Waals surface area contributed by atoms with Crippen LogP contribution < -0.4 is 20.1 Å². The summed E-state index contributed by atoms with van der Waals surface area (Å²) >= 11 is 6.53. The SMILES string of the molecule is CN1CCC1.COc1nc2c3c(nc(-c4c(C5CC5(F)F)c(Cl)cc5[nH]ncc45)c(F)c3n1)OC[C@H](C)N2C(C)c1cc(F)cnc1N. The van der Waals surface area contributed by atoms with Gasteiger partial charge in [-0.15, -0.1) is 0 Å². The molecule has 3 aliphatic rings. The third-order valence-electron chi connectivity index (χ3n) is 9.09. The third-order valence-corrected chi connectivity index (χ3v) is 9.40. The minimum Gasteiger partial charge on any atom is -0.475 e. The molecule has 1 aliphatic carbocycles. The lowest BCUT2D eigenvalue weighted by molar-refractivity contribution is 0.112. The van der Waals surface area contributed by atoms with Crippen molar-refractivity contribution in [3.05, 3.63) is 52.3 Å². The van der Waals surface area contributed by atoms with Crippen LogP contribution in [0, 0.1) is 11.6 Å². The number of hydrogen-bond acceptors (Lipinski definition) is 10. The number of H-pyrrole nitrogens is 1. The minimum absolute atomic E-state index is 0.0258. The Kier molecular flexibility index (Phi) is 7.94. The Hall–Kier alpha value is -4.50. The third kappa shape index (κ3) is 5.38. The number of rotatable bonds is 5. The number of hydrogen-bond donors (Lipinski definition) is 2. The van der Waals surface area contributed by atoms with E-state index in [1.807, 2.05) is 6.92 Å². The lowest BCUT2D eigenvalue weighted by Gasteiger charge is -2.34. The molecule has 16 heteroatoms. The van der Waals surface area contributed by atoms with Gasteiger partial charge in [0, 0.05) is 28.0 Å². The molecule has 1 saturated carbocycles. The molecular weight excluding hydrogens is 654 g/mol. The van der Waals surface area contributed by atoms with Gasteiger partial charge in [-0.2, -0.15) is 15.1 Å². The fourth-order valence-electron chi connectivity index (χ4n) is 6.33. The van der Waals surface area contributed by atoms with Gasteiger partial charge in [0.15, 0.2) is 5.82 Å². The monoisotopic (exact) mass is 685 g/mol. The molecule has 4 aromatic heterocycles. The number of nitrogen functional groups attached to an aromatic ring is 1. The van der Waals surface area contributed by atoms with Crippen LogP contribution in [0.5, 0.6) is 11.9 Å². The fourth-order valence-corrected chi connectivity index (χ4v) is 6.66. The van der Waals surface area contributed by atoms with E-state index in [9.17, 15) is 13.2 Å². The second-order valence-corrected chi connectivity index (χ2v) is 12.8. The largest absolute Gasteiger partial charge is 0.475 e. The molecule has 1 saturated heterocycles. The number of aromatic nitrogens is 6. The molecule has 2 fully saturated rings. The number of nitrogens with zero attached hydrogens (tertiary/aromatic N) is 7. The van der Waals surface area contributed by atoms with E-state index in [-0.39, 0.29) is 62.9 Å². The van der Waals surface area contributed by atoms with Gasteiger partial charge >= 0.3 is 6.01 Å². The molecule has 2 unspecified atom stereocenters. The summed E-state index contributed by atoms with van der Waals surface area (Å²) in [4.78, 5) is 21.4. The zero-order valence-electron chi connectivity index (χ0n) is 26.5. The zero-order chi connectivity index (χ0) is 34.1. The first-order valence-electron chi connectivity index (χ1n) is 15.4. The lowest BCUT2D eigenvalue weighted by Crippen LogP contribution is -2.39. The van der Waals surface area contributed by atoms with Crippen molar-refractivity contribution in [3.63, 3.8) is 0 Å². The number of halogens is 5. The van der Waals surface area contributed by atoms with Crippen LogP contribution in [-0.4, -0.2) is 80.9 Å². The molecule has 5 aromatic rings. The van der Waals surface area contributed by atoms with Crippen molar-refractivity contribution < 1.29 is 27.0 Å². The molecule has 11 nitrogen and oxygen atoms in total. The van der Waals surface area contributed by atoms with E-state index in [0.717, 1.165) is 6.20 Å². The summed E-state index contributed by atoms with van der Waals surface area (Å²) in [5.74, 6) is -5.47. The van der Waals surface area contributed by atoms with E-state index < -0.39 is 42.0 Å². The Morgan fingerprint density at radius 2 is 1.90 bits per heavy atom. The van der Waals surface area contributed by atoms with E-state index in [4.69, 9.17) is 26.8 Å². The van der Waals surface area contributed by atoms with Gasteiger partial charge in [-0.1, -0.05) is 11.6 Å². The Labute approximate surface area is 277 Å². The van der Waals surface area contributed by atoms with Gasteiger partial charge in [-0.25, -0.2) is 27.5 Å². The van der Waals surface area contributed by atoms with E-state index in [1.165, 1.54) is 44.9 Å². The van der Waals surface area contributed by atoms with E-state index >= 15 is 4.39 Å². The second kappa shape index (κ2) is 11.9. The number of alkyl halides is 2. The molecule has 1 aromatic carbocycles. The number of nitrogens with two attached hydrogens (primary N) is 1. The Morgan fingerprint density at radius 3 is 2.54 bits per heavy atom. The first-order chi connectivity index (χ1) is 22.9. The summed E-state index contributed by atoms with van der Waals surface area (Å²) in [6.45, 7) is 6.29. The van der Waals surface area contributed by atoms with Gasteiger partial charge in [-0.05, 0) is 58.1 Å². The highest BCUT2D eigenvalue weighted by Gasteiger charge is 2.59. The van der Waals surface area contributed by atoms with Crippen molar-refractivity contribution >= 4 is 45.0 Å². The number of ether oxygens (including phenoxy) is 2. The summed E-state index contributed by atoms with van der Waals surface area (Å²) < 4.78 is 71.4. The van der Waals surface area contributed by atoms with Crippen molar-refractivity contribution in [3.8, 4) is 23.1 Å². The molecule has 3 atom stereocenters. The number of benzene rings is 1. The number of anilines is 2. The van der Waals surface area contributed by atoms with Gasteiger partial charge < -0.3 is 25.0 Å². The Bertz CT molecular complexity index is 2060. The second-order valence-electron chi connectivity index (χ2n) is 12.4. The lowest BCUT2D eigenvalue weighted by atomic mass is 9.95. The smallest absolute Gasteiger partial charge is 0.318 e. The molecule has 252 valence electrons. The van der Waals surface area contributed by atoms with Crippen molar-refractivity contribution in [1.29, 1.82) is 0 Å². The number of aromatic amines is 1. The molecule has 0 radical (unpaired) electrons. The summed E-state index contributed by atoms with van der Waals surface area (Å²) in [5.41, 5.74) is 6.53.